The Hall–Kier alpha value is -0.610. The minimum atomic E-state index is -0.334. The standard InChI is InChI=1S/C13H24N2O2/c1-11-4-9-15(10-12(11)16)13(17)5-8-14-6-2-3-7-14/h11-12,16H,2-10H2,1H3. The van der Waals surface area contributed by atoms with Crippen molar-refractivity contribution in [2.75, 3.05) is 32.7 Å². The Kier molecular flexibility index (Phi) is 4.40. The fourth-order valence-corrected chi connectivity index (χ4v) is 2.69. The first kappa shape index (κ1) is 12.8. The van der Waals surface area contributed by atoms with Crippen LogP contribution in [0.15, 0.2) is 0 Å². The van der Waals surface area contributed by atoms with Gasteiger partial charge in [0.05, 0.1) is 6.10 Å². The zero-order valence-corrected chi connectivity index (χ0v) is 10.8. The molecule has 0 aromatic carbocycles. The van der Waals surface area contributed by atoms with Crippen molar-refractivity contribution in [2.45, 2.75) is 38.7 Å². The summed E-state index contributed by atoms with van der Waals surface area (Å²) in [4.78, 5) is 16.2. The second-order valence-electron chi connectivity index (χ2n) is 5.47. The zero-order chi connectivity index (χ0) is 12.3. The molecule has 1 N–H and O–H groups in total. The van der Waals surface area contributed by atoms with Crippen LogP contribution in [0.5, 0.6) is 0 Å². The second kappa shape index (κ2) is 5.83. The Morgan fingerprint density at radius 3 is 2.65 bits per heavy atom. The molecule has 2 rings (SSSR count). The SMILES string of the molecule is CC1CCN(C(=O)CCN2CCCC2)CC1O. The van der Waals surface area contributed by atoms with Gasteiger partial charge in [0.25, 0.3) is 0 Å². The maximum absolute atomic E-state index is 12.0. The first-order valence-corrected chi connectivity index (χ1v) is 6.85. The molecule has 0 aliphatic carbocycles. The molecule has 0 aromatic rings. The van der Waals surface area contributed by atoms with Gasteiger partial charge in [-0.2, -0.15) is 0 Å². The highest BCUT2D eigenvalue weighted by molar-refractivity contribution is 5.76. The highest BCUT2D eigenvalue weighted by Crippen LogP contribution is 2.18. The molecule has 4 nitrogen and oxygen atoms in total. The third-order valence-electron chi connectivity index (χ3n) is 4.11. The number of nitrogens with zero attached hydrogens (tertiary/aromatic N) is 2. The van der Waals surface area contributed by atoms with Crippen LogP contribution in [0, 0.1) is 5.92 Å². The van der Waals surface area contributed by atoms with Gasteiger partial charge in [0, 0.05) is 26.1 Å². The number of rotatable bonds is 3. The lowest BCUT2D eigenvalue weighted by atomic mass is 9.96. The van der Waals surface area contributed by atoms with Gasteiger partial charge < -0.3 is 14.9 Å². The Morgan fingerprint density at radius 2 is 2.00 bits per heavy atom. The van der Waals surface area contributed by atoms with Crippen molar-refractivity contribution in [3.8, 4) is 0 Å². The molecule has 4 heteroatoms. The number of carbonyl (C=O) groups is 1. The summed E-state index contributed by atoms with van der Waals surface area (Å²) in [6.45, 7) is 6.58. The Labute approximate surface area is 104 Å². The molecule has 2 heterocycles. The molecule has 2 aliphatic heterocycles. The van der Waals surface area contributed by atoms with Crippen LogP contribution in [-0.2, 0) is 4.79 Å². The van der Waals surface area contributed by atoms with Gasteiger partial charge in [0.2, 0.25) is 5.91 Å². The molecule has 17 heavy (non-hydrogen) atoms. The zero-order valence-electron chi connectivity index (χ0n) is 10.8. The molecule has 0 aromatic heterocycles. The van der Waals surface area contributed by atoms with E-state index in [2.05, 4.69) is 11.8 Å². The maximum Gasteiger partial charge on any atom is 0.223 e. The van der Waals surface area contributed by atoms with E-state index in [0.717, 1.165) is 32.6 Å². The molecule has 2 unspecified atom stereocenters. The van der Waals surface area contributed by atoms with Crippen LogP contribution in [0.3, 0.4) is 0 Å². The molecule has 2 aliphatic rings. The Balaban J connectivity index is 1.72. The number of aliphatic hydroxyl groups is 1. The number of amides is 1. The average molecular weight is 240 g/mol. The van der Waals surface area contributed by atoms with Gasteiger partial charge in [-0.15, -0.1) is 0 Å². The predicted molar refractivity (Wildman–Crippen MR) is 66.7 cm³/mol. The normalized spacial score (nSPS) is 30.8. The van der Waals surface area contributed by atoms with Crippen molar-refractivity contribution in [1.29, 1.82) is 0 Å². The molecule has 0 radical (unpaired) electrons. The molecule has 2 atom stereocenters. The van der Waals surface area contributed by atoms with Gasteiger partial charge in [-0.1, -0.05) is 6.92 Å². The number of hydrogen-bond donors (Lipinski definition) is 1. The summed E-state index contributed by atoms with van der Waals surface area (Å²) in [5, 5.41) is 9.77. The minimum Gasteiger partial charge on any atom is -0.391 e. The number of likely N-dealkylation sites (tertiary alicyclic amines) is 2. The maximum atomic E-state index is 12.0. The number of carbonyl (C=O) groups excluding carboxylic acids is 1. The summed E-state index contributed by atoms with van der Waals surface area (Å²) >= 11 is 0. The molecule has 1 amide bonds. The summed E-state index contributed by atoms with van der Waals surface area (Å²) in [5.74, 6) is 0.542. The van der Waals surface area contributed by atoms with Crippen LogP contribution in [0.2, 0.25) is 0 Å². The number of hydrogen-bond acceptors (Lipinski definition) is 3. The third kappa shape index (κ3) is 3.42. The minimum absolute atomic E-state index is 0.211. The van der Waals surface area contributed by atoms with E-state index in [4.69, 9.17) is 0 Å². The van der Waals surface area contributed by atoms with Gasteiger partial charge in [0.15, 0.2) is 0 Å². The number of piperidine rings is 1. The van der Waals surface area contributed by atoms with Crippen LogP contribution in [0.1, 0.15) is 32.6 Å². The largest absolute Gasteiger partial charge is 0.391 e. The van der Waals surface area contributed by atoms with E-state index in [1.54, 1.807) is 0 Å². The van der Waals surface area contributed by atoms with Crippen molar-refractivity contribution in [3.05, 3.63) is 0 Å². The van der Waals surface area contributed by atoms with E-state index in [1.165, 1.54) is 12.8 Å². The van der Waals surface area contributed by atoms with E-state index in [0.29, 0.717) is 18.9 Å². The Bertz CT molecular complexity index is 264. The average Bonchev–Trinajstić information content (AvgIpc) is 2.82. The smallest absolute Gasteiger partial charge is 0.223 e. The van der Waals surface area contributed by atoms with E-state index in [9.17, 15) is 9.90 Å². The molecule has 0 spiro atoms. The first-order chi connectivity index (χ1) is 8.16. The van der Waals surface area contributed by atoms with E-state index < -0.39 is 0 Å². The van der Waals surface area contributed by atoms with E-state index in [-0.39, 0.29) is 12.0 Å². The van der Waals surface area contributed by atoms with Crippen LogP contribution in [0.4, 0.5) is 0 Å². The topological polar surface area (TPSA) is 43.8 Å². The van der Waals surface area contributed by atoms with E-state index >= 15 is 0 Å². The van der Waals surface area contributed by atoms with Crippen molar-refractivity contribution in [2.24, 2.45) is 5.92 Å². The quantitative estimate of drug-likeness (QED) is 0.790. The fraction of sp³-hybridized carbons (Fsp3) is 0.923. The summed E-state index contributed by atoms with van der Waals surface area (Å²) in [6, 6.07) is 0. The number of aliphatic hydroxyl groups excluding tert-OH is 1. The molecule has 98 valence electrons. The highest BCUT2D eigenvalue weighted by Gasteiger charge is 2.27. The third-order valence-corrected chi connectivity index (χ3v) is 4.11. The summed E-state index contributed by atoms with van der Waals surface area (Å²) < 4.78 is 0. The van der Waals surface area contributed by atoms with Crippen LogP contribution in [0.25, 0.3) is 0 Å². The predicted octanol–water partition coefficient (Wildman–Crippen LogP) is 0.702. The number of β-amino-alcohol motifs (C(OH)–C–C–N with tert-alkyl or cyclic N) is 1. The van der Waals surface area contributed by atoms with Crippen molar-refractivity contribution < 1.29 is 9.90 Å². The summed E-state index contributed by atoms with van der Waals surface area (Å²) in [5.41, 5.74) is 0. The van der Waals surface area contributed by atoms with Gasteiger partial charge in [-0.05, 0) is 38.3 Å². The van der Waals surface area contributed by atoms with Crippen molar-refractivity contribution in [3.63, 3.8) is 0 Å². The highest BCUT2D eigenvalue weighted by atomic mass is 16.3. The van der Waals surface area contributed by atoms with Crippen LogP contribution in [-0.4, -0.2) is 59.6 Å². The van der Waals surface area contributed by atoms with Gasteiger partial charge in [-0.3, -0.25) is 4.79 Å². The van der Waals surface area contributed by atoms with E-state index in [1.807, 2.05) is 4.90 Å². The molecular weight excluding hydrogens is 216 g/mol. The lowest BCUT2D eigenvalue weighted by Crippen LogP contribution is -2.46. The fourth-order valence-electron chi connectivity index (χ4n) is 2.69. The summed E-state index contributed by atoms with van der Waals surface area (Å²) in [7, 11) is 0. The van der Waals surface area contributed by atoms with Gasteiger partial charge in [-0.25, -0.2) is 0 Å². The van der Waals surface area contributed by atoms with Crippen LogP contribution >= 0.6 is 0 Å². The molecule has 2 saturated heterocycles. The van der Waals surface area contributed by atoms with Crippen molar-refractivity contribution in [1.82, 2.24) is 9.80 Å². The molecule has 2 fully saturated rings. The Morgan fingerprint density at radius 1 is 1.29 bits per heavy atom. The molecule has 0 saturated carbocycles. The lowest BCUT2D eigenvalue weighted by molar-refractivity contribution is -0.135. The van der Waals surface area contributed by atoms with Gasteiger partial charge in [0.1, 0.15) is 0 Å². The lowest BCUT2D eigenvalue weighted by Gasteiger charge is -2.34. The van der Waals surface area contributed by atoms with Gasteiger partial charge >= 0.3 is 0 Å². The van der Waals surface area contributed by atoms with Crippen LogP contribution < -0.4 is 0 Å². The second-order valence-corrected chi connectivity index (χ2v) is 5.47. The summed E-state index contributed by atoms with van der Waals surface area (Å²) in [6.07, 6.45) is 3.75. The van der Waals surface area contributed by atoms with Crippen molar-refractivity contribution >= 4 is 5.91 Å². The monoisotopic (exact) mass is 240 g/mol. The first-order valence-electron chi connectivity index (χ1n) is 6.85. The molecular formula is C13H24N2O2. The molecule has 0 bridgehead atoms.